The fourth-order valence-corrected chi connectivity index (χ4v) is 2.31. The Morgan fingerprint density at radius 2 is 2.12 bits per heavy atom. The summed E-state index contributed by atoms with van der Waals surface area (Å²) in [5.41, 5.74) is 1.03. The van der Waals surface area contributed by atoms with Crippen molar-refractivity contribution in [2.45, 2.75) is 25.4 Å². The summed E-state index contributed by atoms with van der Waals surface area (Å²) >= 11 is 0. The van der Waals surface area contributed by atoms with Gasteiger partial charge in [-0.1, -0.05) is 0 Å². The van der Waals surface area contributed by atoms with Gasteiger partial charge in [-0.3, -0.25) is 0 Å². The Balaban J connectivity index is 2.16. The van der Waals surface area contributed by atoms with E-state index in [1.807, 2.05) is 0 Å². The molecule has 17 heavy (non-hydrogen) atoms. The van der Waals surface area contributed by atoms with Crippen molar-refractivity contribution in [3.05, 3.63) is 30.1 Å². The largest absolute Gasteiger partial charge is 0.396 e. The fraction of sp³-hybridized carbons (Fsp3) is 0.538. The first-order chi connectivity index (χ1) is 8.20. The van der Waals surface area contributed by atoms with E-state index in [0.29, 0.717) is 6.04 Å². The third-order valence-electron chi connectivity index (χ3n) is 3.23. The van der Waals surface area contributed by atoms with Crippen molar-refractivity contribution in [1.29, 1.82) is 0 Å². The zero-order valence-corrected chi connectivity index (χ0v) is 10.1. The lowest BCUT2D eigenvalue weighted by Gasteiger charge is -2.41. The molecule has 1 heterocycles. The Morgan fingerprint density at radius 3 is 2.76 bits per heavy atom. The van der Waals surface area contributed by atoms with Gasteiger partial charge in [0.05, 0.1) is 0 Å². The van der Waals surface area contributed by atoms with Gasteiger partial charge in [0.25, 0.3) is 0 Å². The molecule has 0 aliphatic carbocycles. The number of aliphatic hydroxyl groups is 1. The molecule has 1 aromatic carbocycles. The van der Waals surface area contributed by atoms with E-state index >= 15 is 0 Å². The fourth-order valence-electron chi connectivity index (χ4n) is 2.31. The van der Waals surface area contributed by atoms with Crippen LogP contribution in [0.1, 0.15) is 13.3 Å². The number of aliphatic hydroxyl groups excluding tert-OH is 1. The SMILES string of the molecule is CC1CN(c2ccc(F)cc2)C(CCO)CN1. The maximum atomic E-state index is 12.9. The van der Waals surface area contributed by atoms with Crippen LogP contribution in [-0.4, -0.2) is 36.9 Å². The molecule has 0 spiro atoms. The molecule has 2 rings (SSSR count). The van der Waals surface area contributed by atoms with Crippen LogP contribution in [0.15, 0.2) is 24.3 Å². The van der Waals surface area contributed by atoms with E-state index in [4.69, 9.17) is 5.11 Å². The molecule has 1 aromatic rings. The van der Waals surface area contributed by atoms with Crippen molar-refractivity contribution in [2.24, 2.45) is 0 Å². The van der Waals surface area contributed by atoms with Crippen molar-refractivity contribution in [3.8, 4) is 0 Å². The summed E-state index contributed by atoms with van der Waals surface area (Å²) in [6, 6.07) is 7.27. The number of rotatable bonds is 3. The number of nitrogens with zero attached hydrogens (tertiary/aromatic N) is 1. The molecule has 1 aliphatic rings. The second-order valence-corrected chi connectivity index (χ2v) is 4.60. The van der Waals surface area contributed by atoms with E-state index in [9.17, 15) is 4.39 Å². The highest BCUT2D eigenvalue weighted by Crippen LogP contribution is 2.21. The van der Waals surface area contributed by atoms with Gasteiger partial charge >= 0.3 is 0 Å². The summed E-state index contributed by atoms with van der Waals surface area (Å²) in [5.74, 6) is -0.212. The molecule has 0 bridgehead atoms. The lowest BCUT2D eigenvalue weighted by molar-refractivity contribution is 0.260. The molecule has 1 fully saturated rings. The summed E-state index contributed by atoms with van der Waals surface area (Å²) in [6.07, 6.45) is 0.733. The van der Waals surface area contributed by atoms with Crippen LogP contribution >= 0.6 is 0 Å². The summed E-state index contributed by atoms with van der Waals surface area (Å²) in [4.78, 5) is 2.25. The van der Waals surface area contributed by atoms with E-state index in [1.165, 1.54) is 12.1 Å². The number of piperazine rings is 1. The van der Waals surface area contributed by atoms with E-state index in [-0.39, 0.29) is 18.5 Å². The second-order valence-electron chi connectivity index (χ2n) is 4.60. The van der Waals surface area contributed by atoms with E-state index in [0.717, 1.165) is 25.2 Å². The van der Waals surface area contributed by atoms with Gasteiger partial charge in [-0.25, -0.2) is 4.39 Å². The average molecular weight is 238 g/mol. The third kappa shape index (κ3) is 2.96. The van der Waals surface area contributed by atoms with E-state index < -0.39 is 0 Å². The van der Waals surface area contributed by atoms with Gasteiger partial charge in [-0.2, -0.15) is 0 Å². The molecule has 2 N–H and O–H groups in total. The number of hydrogen-bond donors (Lipinski definition) is 2. The van der Waals surface area contributed by atoms with Gasteiger partial charge in [0.2, 0.25) is 0 Å². The Hall–Kier alpha value is -1.13. The Bertz CT molecular complexity index is 355. The molecular weight excluding hydrogens is 219 g/mol. The topological polar surface area (TPSA) is 35.5 Å². The number of halogens is 1. The second kappa shape index (κ2) is 5.47. The first kappa shape index (κ1) is 12.3. The third-order valence-corrected chi connectivity index (χ3v) is 3.23. The molecule has 2 unspecified atom stereocenters. The van der Waals surface area contributed by atoms with Crippen LogP contribution in [0.25, 0.3) is 0 Å². The van der Waals surface area contributed by atoms with Crippen molar-refractivity contribution >= 4 is 5.69 Å². The first-order valence-electron chi connectivity index (χ1n) is 6.07. The van der Waals surface area contributed by atoms with E-state index in [2.05, 4.69) is 17.1 Å². The van der Waals surface area contributed by atoms with Gasteiger partial charge in [0, 0.05) is 37.5 Å². The monoisotopic (exact) mass is 238 g/mol. The van der Waals surface area contributed by atoms with Crippen molar-refractivity contribution < 1.29 is 9.50 Å². The molecule has 0 saturated carbocycles. The van der Waals surface area contributed by atoms with Crippen LogP contribution in [0.3, 0.4) is 0 Å². The van der Waals surface area contributed by atoms with Crippen molar-refractivity contribution in [3.63, 3.8) is 0 Å². The molecule has 0 amide bonds. The van der Waals surface area contributed by atoms with Crippen molar-refractivity contribution in [2.75, 3.05) is 24.6 Å². The van der Waals surface area contributed by atoms with Gasteiger partial charge in [-0.05, 0) is 37.6 Å². The standard InChI is InChI=1S/C13H19FN2O/c1-10-9-16(13(6-7-17)8-15-10)12-4-2-11(14)3-5-12/h2-5,10,13,15,17H,6-9H2,1H3. The molecule has 2 atom stereocenters. The summed E-state index contributed by atoms with van der Waals surface area (Å²) in [5, 5.41) is 12.5. The van der Waals surface area contributed by atoms with Crippen LogP contribution < -0.4 is 10.2 Å². The Kier molecular flexibility index (Phi) is 3.97. The first-order valence-corrected chi connectivity index (χ1v) is 6.07. The van der Waals surface area contributed by atoms with E-state index in [1.54, 1.807) is 12.1 Å². The van der Waals surface area contributed by atoms with Crippen LogP contribution in [0, 0.1) is 5.82 Å². The highest BCUT2D eigenvalue weighted by atomic mass is 19.1. The minimum absolute atomic E-state index is 0.179. The zero-order valence-electron chi connectivity index (χ0n) is 10.1. The minimum Gasteiger partial charge on any atom is -0.396 e. The van der Waals surface area contributed by atoms with Gasteiger partial charge in [0.1, 0.15) is 5.82 Å². The normalized spacial score (nSPS) is 25.0. The smallest absolute Gasteiger partial charge is 0.123 e. The number of anilines is 1. The zero-order chi connectivity index (χ0) is 12.3. The van der Waals surface area contributed by atoms with Crippen molar-refractivity contribution in [1.82, 2.24) is 5.32 Å². The summed E-state index contributed by atoms with van der Waals surface area (Å²) in [6.45, 7) is 4.06. The number of benzene rings is 1. The Labute approximate surface area is 101 Å². The van der Waals surface area contributed by atoms with Gasteiger partial charge in [-0.15, -0.1) is 0 Å². The minimum atomic E-state index is -0.212. The highest BCUT2D eigenvalue weighted by molar-refractivity contribution is 5.48. The van der Waals surface area contributed by atoms with Crippen LogP contribution in [0.5, 0.6) is 0 Å². The molecule has 1 saturated heterocycles. The molecule has 0 radical (unpaired) electrons. The van der Waals surface area contributed by atoms with Crippen LogP contribution in [0.2, 0.25) is 0 Å². The summed E-state index contributed by atoms with van der Waals surface area (Å²) in [7, 11) is 0. The maximum Gasteiger partial charge on any atom is 0.123 e. The highest BCUT2D eigenvalue weighted by Gasteiger charge is 2.25. The Morgan fingerprint density at radius 1 is 1.41 bits per heavy atom. The number of hydrogen-bond acceptors (Lipinski definition) is 3. The predicted molar refractivity (Wildman–Crippen MR) is 66.7 cm³/mol. The summed E-state index contributed by atoms with van der Waals surface area (Å²) < 4.78 is 12.9. The molecule has 0 aromatic heterocycles. The molecule has 4 heteroatoms. The molecule has 3 nitrogen and oxygen atoms in total. The average Bonchev–Trinajstić information content (AvgIpc) is 2.33. The lowest BCUT2D eigenvalue weighted by Crippen LogP contribution is -2.56. The number of nitrogens with one attached hydrogen (secondary N) is 1. The van der Waals surface area contributed by atoms with Crippen LogP contribution in [0.4, 0.5) is 10.1 Å². The van der Waals surface area contributed by atoms with Crippen LogP contribution in [-0.2, 0) is 0 Å². The van der Waals surface area contributed by atoms with Gasteiger partial charge < -0.3 is 15.3 Å². The molecular formula is C13H19FN2O. The molecule has 1 aliphatic heterocycles. The maximum absolute atomic E-state index is 12.9. The molecule has 94 valence electrons. The predicted octanol–water partition coefficient (Wildman–Crippen LogP) is 1.37. The lowest BCUT2D eigenvalue weighted by atomic mass is 10.1. The quantitative estimate of drug-likeness (QED) is 0.835. The van der Waals surface area contributed by atoms with Gasteiger partial charge in [0.15, 0.2) is 0 Å².